The van der Waals surface area contributed by atoms with Gasteiger partial charge in [0.1, 0.15) is 0 Å². The van der Waals surface area contributed by atoms with E-state index >= 15 is 0 Å². The molecular formula is C10H12N12NiO2+2. The Bertz CT molecular complexity index is 714. The van der Waals surface area contributed by atoms with Crippen LogP contribution in [0.25, 0.3) is 23.3 Å². The van der Waals surface area contributed by atoms with Crippen molar-refractivity contribution in [1.82, 2.24) is 61.2 Å². The van der Waals surface area contributed by atoms with E-state index in [1.807, 2.05) is 0 Å². The van der Waals surface area contributed by atoms with Crippen LogP contribution in [0.4, 0.5) is 0 Å². The Labute approximate surface area is 149 Å². The molecule has 0 aromatic carbocycles. The molecule has 6 N–H and O–H groups in total. The zero-order valence-electron chi connectivity index (χ0n) is 12.3. The van der Waals surface area contributed by atoms with Crippen molar-refractivity contribution in [2.24, 2.45) is 0 Å². The van der Waals surface area contributed by atoms with E-state index in [9.17, 15) is 0 Å². The van der Waals surface area contributed by atoms with E-state index in [2.05, 4.69) is 61.2 Å². The van der Waals surface area contributed by atoms with Crippen LogP contribution in [0.5, 0.6) is 0 Å². The van der Waals surface area contributed by atoms with E-state index < -0.39 is 0 Å². The van der Waals surface area contributed by atoms with Crippen molar-refractivity contribution in [3.05, 3.63) is 36.9 Å². The fraction of sp³-hybridized carbons (Fsp3) is 0. The molecule has 0 aliphatic carbocycles. The molecule has 25 heavy (non-hydrogen) atoms. The van der Waals surface area contributed by atoms with E-state index in [-0.39, 0.29) is 27.4 Å². The van der Waals surface area contributed by atoms with E-state index in [1.54, 1.807) is 36.9 Å². The SMILES string of the molecule is [Ni+2].[OH3+].[OH3+].c1cnc(-c2nnn[n-]2)nc1.c1cnc(-c2nnn[n-]2)nc1. The van der Waals surface area contributed by atoms with Gasteiger partial charge in [0, 0.05) is 24.8 Å². The first-order chi connectivity index (χ1) is 10.9. The van der Waals surface area contributed by atoms with Gasteiger partial charge in [-0.1, -0.05) is 0 Å². The molecule has 0 saturated carbocycles. The van der Waals surface area contributed by atoms with Gasteiger partial charge in [0.2, 0.25) is 0 Å². The van der Waals surface area contributed by atoms with Crippen molar-refractivity contribution < 1.29 is 27.4 Å². The van der Waals surface area contributed by atoms with Gasteiger partial charge in [-0.2, -0.15) is 10.4 Å². The van der Waals surface area contributed by atoms with Crippen LogP contribution in [0.3, 0.4) is 0 Å². The molecule has 0 bridgehead atoms. The van der Waals surface area contributed by atoms with E-state index in [0.29, 0.717) is 23.3 Å². The molecule has 4 aromatic heterocycles. The molecule has 4 heterocycles. The Kier molecular flexibility index (Phi) is 9.80. The van der Waals surface area contributed by atoms with E-state index in [1.165, 1.54) is 0 Å². The number of aromatic nitrogens is 12. The van der Waals surface area contributed by atoms with Gasteiger partial charge in [0.15, 0.2) is 11.6 Å². The van der Waals surface area contributed by atoms with Gasteiger partial charge in [-0.3, -0.25) is 20.6 Å². The number of hydrogen-bond acceptors (Lipinski definition) is 10. The second-order valence-electron chi connectivity index (χ2n) is 3.55. The summed E-state index contributed by atoms with van der Waals surface area (Å²) in [7, 11) is 0. The Balaban J connectivity index is 0.000000411. The predicted molar refractivity (Wildman–Crippen MR) is 78.1 cm³/mol. The van der Waals surface area contributed by atoms with Gasteiger partial charge in [-0.05, 0) is 12.1 Å². The average Bonchev–Trinajstić information content (AvgIpc) is 3.31. The van der Waals surface area contributed by atoms with Crippen molar-refractivity contribution in [2.75, 3.05) is 0 Å². The summed E-state index contributed by atoms with van der Waals surface area (Å²) >= 11 is 0. The summed E-state index contributed by atoms with van der Waals surface area (Å²) in [5.74, 6) is 1.59. The van der Waals surface area contributed by atoms with Crippen molar-refractivity contribution >= 4 is 0 Å². The van der Waals surface area contributed by atoms with Crippen LogP contribution >= 0.6 is 0 Å². The molecule has 0 aliphatic heterocycles. The average molecular weight is 391 g/mol. The van der Waals surface area contributed by atoms with Crippen molar-refractivity contribution in [1.29, 1.82) is 0 Å². The second kappa shape index (κ2) is 11.3. The molecule has 0 spiro atoms. The second-order valence-corrected chi connectivity index (χ2v) is 3.55. The summed E-state index contributed by atoms with van der Waals surface area (Å²) in [6, 6.07) is 3.43. The smallest absolute Gasteiger partial charge is 0.457 e. The summed E-state index contributed by atoms with van der Waals surface area (Å²) in [4.78, 5) is 15.6. The molecule has 0 saturated heterocycles. The van der Waals surface area contributed by atoms with Crippen molar-refractivity contribution in [3.8, 4) is 23.3 Å². The number of hydrogen-bond donors (Lipinski definition) is 0. The largest absolute Gasteiger partial charge is 2.00 e. The Morgan fingerprint density at radius 3 is 1.24 bits per heavy atom. The molecule has 0 fully saturated rings. The molecular weight excluding hydrogens is 379 g/mol. The maximum atomic E-state index is 3.91. The van der Waals surface area contributed by atoms with Crippen LogP contribution in [0.1, 0.15) is 0 Å². The Morgan fingerprint density at radius 1 is 0.600 bits per heavy atom. The molecule has 0 amide bonds. The number of tetrazole rings is 2. The number of nitrogens with zero attached hydrogens (tertiary/aromatic N) is 12. The zero-order chi connectivity index (χ0) is 15.0. The fourth-order valence-corrected chi connectivity index (χ4v) is 1.30. The first kappa shape index (κ1) is 21.7. The summed E-state index contributed by atoms with van der Waals surface area (Å²) in [6.07, 6.45) is 6.44. The summed E-state index contributed by atoms with van der Waals surface area (Å²) in [5, 5.41) is 27.6. The molecule has 0 unspecified atom stereocenters. The van der Waals surface area contributed by atoms with Gasteiger partial charge in [-0.25, -0.2) is 19.9 Å². The van der Waals surface area contributed by atoms with Crippen LogP contribution in [-0.4, -0.2) is 51.0 Å². The van der Waals surface area contributed by atoms with Crippen LogP contribution < -0.4 is 10.2 Å². The standard InChI is InChI=1S/2C5H3N6.Ni.2H2O/c2*1-2-6-4(7-3-1)5-8-10-11-9-5;;;/h2*1-3H;;2*1H2/q2*-1;+2;;/p+2. The van der Waals surface area contributed by atoms with Gasteiger partial charge in [0.05, 0.1) is 11.6 Å². The molecule has 0 aliphatic rings. The van der Waals surface area contributed by atoms with Gasteiger partial charge < -0.3 is 21.1 Å². The quantitative estimate of drug-likeness (QED) is 0.242. The zero-order valence-corrected chi connectivity index (χ0v) is 13.3. The summed E-state index contributed by atoms with van der Waals surface area (Å²) in [5.41, 5.74) is 0. The maximum absolute atomic E-state index is 3.91. The van der Waals surface area contributed by atoms with Crippen molar-refractivity contribution in [3.63, 3.8) is 0 Å². The van der Waals surface area contributed by atoms with Gasteiger partial charge in [0.25, 0.3) is 0 Å². The van der Waals surface area contributed by atoms with Gasteiger partial charge in [-0.15, -0.1) is 0 Å². The molecule has 4 aromatic rings. The minimum atomic E-state index is 0. The van der Waals surface area contributed by atoms with Crippen LogP contribution in [-0.2, 0) is 27.4 Å². The van der Waals surface area contributed by atoms with E-state index in [0.717, 1.165) is 0 Å². The topological polar surface area (TPSA) is 223 Å². The van der Waals surface area contributed by atoms with Gasteiger partial charge >= 0.3 is 16.5 Å². The van der Waals surface area contributed by atoms with E-state index in [4.69, 9.17) is 0 Å². The predicted octanol–water partition coefficient (Wildman–Crippen LogP) is -3.27. The Morgan fingerprint density at radius 2 is 0.960 bits per heavy atom. The third-order valence-corrected chi connectivity index (χ3v) is 2.17. The summed E-state index contributed by atoms with van der Waals surface area (Å²) < 4.78 is 0. The first-order valence-corrected chi connectivity index (χ1v) is 5.85. The third kappa shape index (κ3) is 6.02. The van der Waals surface area contributed by atoms with Crippen LogP contribution in [0.2, 0.25) is 0 Å². The normalized spacial score (nSPS) is 8.64. The molecule has 4 rings (SSSR count). The molecule has 14 nitrogen and oxygen atoms in total. The minimum Gasteiger partial charge on any atom is -0.457 e. The fourth-order valence-electron chi connectivity index (χ4n) is 1.30. The van der Waals surface area contributed by atoms with Crippen LogP contribution in [0, 0.1) is 0 Å². The first-order valence-electron chi connectivity index (χ1n) is 5.85. The molecule has 0 radical (unpaired) electrons. The number of rotatable bonds is 2. The monoisotopic (exact) mass is 390 g/mol. The minimum absolute atomic E-state index is 0. The molecule has 0 atom stereocenters. The van der Waals surface area contributed by atoms with Crippen LogP contribution in [0.15, 0.2) is 36.9 Å². The third-order valence-electron chi connectivity index (χ3n) is 2.17. The summed E-state index contributed by atoms with van der Waals surface area (Å²) in [6.45, 7) is 0. The maximum Gasteiger partial charge on any atom is 2.00 e. The van der Waals surface area contributed by atoms with Crippen molar-refractivity contribution in [2.45, 2.75) is 0 Å². The molecule has 132 valence electrons. The molecule has 15 heteroatoms. The Hall–Kier alpha value is -3.29.